The monoisotopic (exact) mass is 345 g/mol. The second-order valence-electron chi connectivity index (χ2n) is 6.65. The molecule has 0 spiro atoms. The third kappa shape index (κ3) is 3.39. The van der Waals surface area contributed by atoms with E-state index in [1.54, 1.807) is 0 Å². The van der Waals surface area contributed by atoms with Gasteiger partial charge >= 0.3 is 0 Å². The Morgan fingerprint density at radius 1 is 1.48 bits per heavy atom. The van der Waals surface area contributed by atoms with E-state index >= 15 is 0 Å². The van der Waals surface area contributed by atoms with E-state index in [0.29, 0.717) is 26.0 Å². The minimum atomic E-state index is -0.869. The summed E-state index contributed by atoms with van der Waals surface area (Å²) in [6.07, 6.45) is 1.29. The third-order valence-corrected chi connectivity index (χ3v) is 5.08. The van der Waals surface area contributed by atoms with Gasteiger partial charge in [0.1, 0.15) is 11.3 Å². The quantitative estimate of drug-likeness (QED) is 0.821. The van der Waals surface area contributed by atoms with Crippen LogP contribution in [0.1, 0.15) is 44.2 Å². The summed E-state index contributed by atoms with van der Waals surface area (Å²) in [7, 11) is 0. The van der Waals surface area contributed by atoms with Crippen LogP contribution >= 0.6 is 12.4 Å². The normalized spacial score (nSPS) is 25.4. The molecule has 1 aliphatic carbocycles. The Morgan fingerprint density at radius 3 is 2.61 bits per heavy atom. The molecule has 1 saturated carbocycles. The maximum Gasteiger partial charge on any atom is 0.240 e. The molecule has 2 unspecified atom stereocenters. The van der Waals surface area contributed by atoms with Crippen LogP contribution in [0.5, 0.6) is 0 Å². The largest absolute Gasteiger partial charge is 0.378 e. The molecule has 6 nitrogen and oxygen atoms in total. The van der Waals surface area contributed by atoms with Crippen molar-refractivity contribution in [2.24, 2.45) is 11.1 Å². The number of halogens is 1. The van der Waals surface area contributed by atoms with Crippen molar-refractivity contribution < 1.29 is 14.1 Å². The van der Waals surface area contributed by atoms with Gasteiger partial charge in [0, 0.05) is 30.6 Å². The molecule has 1 heterocycles. The Bertz CT molecular complexity index is 539. The van der Waals surface area contributed by atoms with E-state index in [9.17, 15) is 4.79 Å². The summed E-state index contributed by atoms with van der Waals surface area (Å²) in [6.45, 7) is 10.9. The van der Waals surface area contributed by atoms with Crippen LogP contribution in [0.3, 0.4) is 0 Å². The van der Waals surface area contributed by atoms with Gasteiger partial charge in [0.25, 0.3) is 0 Å². The van der Waals surface area contributed by atoms with E-state index in [0.717, 1.165) is 17.0 Å². The standard InChI is InChI=1S/C16H27N3O3.ClH/c1-6-21-13-9-16(17,15(13,4)5)14(20)18-8-7-12-10(2)19-22-11(12)3;/h13H,6-9,17H2,1-5H3,(H,18,20);1H. The van der Waals surface area contributed by atoms with Crippen LogP contribution in [0.25, 0.3) is 0 Å². The second-order valence-corrected chi connectivity index (χ2v) is 6.65. The number of rotatable bonds is 6. The van der Waals surface area contributed by atoms with Crippen LogP contribution in [-0.2, 0) is 16.0 Å². The van der Waals surface area contributed by atoms with Gasteiger partial charge in [-0.05, 0) is 27.2 Å². The first-order chi connectivity index (χ1) is 10.2. The van der Waals surface area contributed by atoms with E-state index in [4.69, 9.17) is 15.0 Å². The van der Waals surface area contributed by atoms with E-state index in [2.05, 4.69) is 10.5 Å². The predicted octanol–water partition coefficient (Wildman–Crippen LogP) is 1.90. The Morgan fingerprint density at radius 2 is 2.13 bits per heavy atom. The van der Waals surface area contributed by atoms with Crippen LogP contribution < -0.4 is 11.1 Å². The lowest BCUT2D eigenvalue weighted by Gasteiger charge is -2.57. The Hall–Kier alpha value is -1.11. The molecular weight excluding hydrogens is 318 g/mol. The zero-order chi connectivity index (χ0) is 16.5. The van der Waals surface area contributed by atoms with Gasteiger partial charge in [0.15, 0.2) is 0 Å². The minimum absolute atomic E-state index is 0. The number of carbonyl (C=O) groups is 1. The number of nitrogens with two attached hydrogens (primary N) is 1. The highest BCUT2D eigenvalue weighted by Crippen LogP contribution is 2.49. The summed E-state index contributed by atoms with van der Waals surface area (Å²) in [5, 5.41) is 6.86. The van der Waals surface area contributed by atoms with Crippen molar-refractivity contribution in [1.82, 2.24) is 10.5 Å². The average Bonchev–Trinajstić information content (AvgIpc) is 2.78. The fourth-order valence-corrected chi connectivity index (χ4v) is 3.14. The van der Waals surface area contributed by atoms with E-state index < -0.39 is 5.54 Å². The summed E-state index contributed by atoms with van der Waals surface area (Å²) >= 11 is 0. The third-order valence-electron chi connectivity index (χ3n) is 5.08. The van der Waals surface area contributed by atoms with Crippen LogP contribution in [0.15, 0.2) is 4.52 Å². The van der Waals surface area contributed by atoms with Gasteiger partial charge in [0.05, 0.1) is 11.8 Å². The molecule has 0 aromatic carbocycles. The molecule has 3 N–H and O–H groups in total. The summed E-state index contributed by atoms with van der Waals surface area (Å²) in [6, 6.07) is 0. The van der Waals surface area contributed by atoms with Gasteiger partial charge in [0.2, 0.25) is 5.91 Å². The molecule has 0 saturated heterocycles. The molecule has 1 aromatic rings. The van der Waals surface area contributed by atoms with E-state index in [1.807, 2.05) is 34.6 Å². The highest BCUT2D eigenvalue weighted by atomic mass is 35.5. The smallest absolute Gasteiger partial charge is 0.240 e. The van der Waals surface area contributed by atoms with Crippen molar-refractivity contribution in [2.45, 2.75) is 59.1 Å². The van der Waals surface area contributed by atoms with Crippen LogP contribution in [0, 0.1) is 19.3 Å². The number of amides is 1. The number of nitrogens with zero attached hydrogens (tertiary/aromatic N) is 1. The number of hydrogen-bond acceptors (Lipinski definition) is 5. The number of aryl methyl sites for hydroxylation is 2. The van der Waals surface area contributed by atoms with Crippen LogP contribution in [-0.4, -0.2) is 35.9 Å². The number of carbonyl (C=O) groups excluding carboxylic acids is 1. The highest BCUT2D eigenvalue weighted by molar-refractivity contribution is 5.88. The summed E-state index contributed by atoms with van der Waals surface area (Å²) < 4.78 is 10.8. The van der Waals surface area contributed by atoms with Crippen LogP contribution in [0.4, 0.5) is 0 Å². The highest BCUT2D eigenvalue weighted by Gasteiger charge is 2.62. The number of aromatic nitrogens is 1. The van der Waals surface area contributed by atoms with Gasteiger partial charge < -0.3 is 20.3 Å². The maximum atomic E-state index is 12.5. The molecule has 2 rings (SSSR count). The van der Waals surface area contributed by atoms with Crippen molar-refractivity contribution in [1.29, 1.82) is 0 Å². The predicted molar refractivity (Wildman–Crippen MR) is 90.7 cm³/mol. The summed E-state index contributed by atoms with van der Waals surface area (Å²) in [5.41, 5.74) is 7.02. The molecule has 0 bridgehead atoms. The van der Waals surface area contributed by atoms with E-state index in [1.165, 1.54) is 0 Å². The SMILES string of the molecule is CCOC1CC(N)(C(=O)NCCc2c(C)noc2C)C1(C)C.Cl. The lowest BCUT2D eigenvalue weighted by Crippen LogP contribution is -2.75. The van der Waals surface area contributed by atoms with Crippen molar-refractivity contribution in [3.63, 3.8) is 0 Å². The Kier molecular flexibility index (Phi) is 6.24. The van der Waals surface area contributed by atoms with Gasteiger partial charge in [-0.25, -0.2) is 0 Å². The van der Waals surface area contributed by atoms with Gasteiger partial charge in [-0.3, -0.25) is 4.79 Å². The fourth-order valence-electron chi connectivity index (χ4n) is 3.14. The zero-order valence-corrected chi connectivity index (χ0v) is 15.4. The Labute approximate surface area is 143 Å². The zero-order valence-electron chi connectivity index (χ0n) is 14.6. The molecule has 2 atom stereocenters. The molecule has 1 aliphatic rings. The van der Waals surface area contributed by atoms with Gasteiger partial charge in [-0.15, -0.1) is 12.4 Å². The topological polar surface area (TPSA) is 90.4 Å². The second kappa shape index (κ2) is 7.20. The van der Waals surface area contributed by atoms with Crippen LogP contribution in [0.2, 0.25) is 0 Å². The Balaban J connectivity index is 0.00000264. The molecule has 132 valence electrons. The van der Waals surface area contributed by atoms with E-state index in [-0.39, 0.29) is 29.8 Å². The first-order valence-corrected chi connectivity index (χ1v) is 7.84. The molecule has 1 aromatic heterocycles. The molecule has 0 aliphatic heterocycles. The molecule has 0 radical (unpaired) electrons. The minimum Gasteiger partial charge on any atom is -0.378 e. The first kappa shape index (κ1) is 19.9. The molecule has 1 amide bonds. The average molecular weight is 346 g/mol. The summed E-state index contributed by atoms with van der Waals surface area (Å²) in [4.78, 5) is 12.5. The number of nitrogens with one attached hydrogen (secondary N) is 1. The number of ether oxygens (including phenoxy) is 1. The van der Waals surface area contributed by atoms with Gasteiger partial charge in [-0.1, -0.05) is 19.0 Å². The number of hydrogen-bond donors (Lipinski definition) is 2. The van der Waals surface area contributed by atoms with Crippen molar-refractivity contribution in [2.75, 3.05) is 13.2 Å². The lowest BCUT2D eigenvalue weighted by atomic mass is 9.54. The molecular formula is C16H28ClN3O3. The molecule has 1 fully saturated rings. The maximum absolute atomic E-state index is 12.5. The molecule has 23 heavy (non-hydrogen) atoms. The van der Waals surface area contributed by atoms with Crippen molar-refractivity contribution >= 4 is 18.3 Å². The van der Waals surface area contributed by atoms with Gasteiger partial charge in [-0.2, -0.15) is 0 Å². The molecule has 7 heteroatoms. The van der Waals surface area contributed by atoms with Crippen molar-refractivity contribution in [3.05, 3.63) is 17.0 Å². The van der Waals surface area contributed by atoms with Crippen molar-refractivity contribution in [3.8, 4) is 0 Å². The summed E-state index contributed by atoms with van der Waals surface area (Å²) in [5.74, 6) is 0.690. The lowest BCUT2D eigenvalue weighted by molar-refractivity contribution is -0.170. The first-order valence-electron chi connectivity index (χ1n) is 7.84. The fraction of sp³-hybridized carbons (Fsp3) is 0.750.